The smallest absolute Gasteiger partial charge is 0.316 e. The first-order chi connectivity index (χ1) is 11.2. The molecule has 0 N–H and O–H groups in total. The van der Waals surface area contributed by atoms with Crippen LogP contribution in [-0.4, -0.2) is 67.1 Å². The summed E-state index contributed by atoms with van der Waals surface area (Å²) >= 11 is 0. The third-order valence-electron chi connectivity index (χ3n) is 4.93. The van der Waals surface area contributed by atoms with Crippen molar-refractivity contribution in [3.63, 3.8) is 0 Å². The number of hydrogen-bond donors (Lipinski definition) is 0. The van der Waals surface area contributed by atoms with Gasteiger partial charge in [-0.2, -0.15) is 4.31 Å². The Bertz CT molecular complexity index is 832. The lowest BCUT2D eigenvalue weighted by Gasteiger charge is -2.48. The molecule has 0 unspecified atom stereocenters. The van der Waals surface area contributed by atoms with E-state index in [1.54, 1.807) is 19.2 Å². The van der Waals surface area contributed by atoms with Gasteiger partial charge in [-0.3, -0.25) is 0 Å². The summed E-state index contributed by atoms with van der Waals surface area (Å²) in [5.41, 5.74) is 0.762. The van der Waals surface area contributed by atoms with Gasteiger partial charge >= 0.3 is 6.01 Å². The molecule has 24 heavy (non-hydrogen) atoms. The second kappa shape index (κ2) is 5.92. The molecule has 2 saturated heterocycles. The molecule has 2 aliphatic heterocycles. The van der Waals surface area contributed by atoms with Crippen molar-refractivity contribution in [2.45, 2.75) is 25.0 Å². The van der Waals surface area contributed by atoms with Crippen LogP contribution in [-0.2, 0) is 19.9 Å². The van der Waals surface area contributed by atoms with Gasteiger partial charge in [-0.15, -0.1) is 0 Å². The maximum Gasteiger partial charge on any atom is 0.316 e. The summed E-state index contributed by atoms with van der Waals surface area (Å²) in [6.45, 7) is 3.58. The maximum absolute atomic E-state index is 12.5. The first-order valence-electron chi connectivity index (χ1n) is 7.83. The van der Waals surface area contributed by atoms with Gasteiger partial charge in [0.15, 0.2) is 9.84 Å². The van der Waals surface area contributed by atoms with Crippen molar-refractivity contribution in [1.82, 2.24) is 14.3 Å². The molecular weight excluding hydrogens is 354 g/mol. The van der Waals surface area contributed by atoms with Crippen molar-refractivity contribution < 1.29 is 21.6 Å². The third-order valence-corrected chi connectivity index (χ3v) is 9.31. The van der Waals surface area contributed by atoms with Crippen molar-refractivity contribution in [3.05, 3.63) is 18.0 Å². The molecule has 0 aromatic carbocycles. The van der Waals surface area contributed by atoms with Crippen LogP contribution >= 0.6 is 0 Å². The van der Waals surface area contributed by atoms with E-state index >= 15 is 0 Å². The number of nitrogens with zero attached hydrogens (tertiary/aromatic N) is 3. The highest BCUT2D eigenvalue weighted by Crippen LogP contribution is 2.45. The van der Waals surface area contributed by atoms with E-state index in [9.17, 15) is 16.8 Å². The number of aromatic nitrogens is 2. The zero-order valence-corrected chi connectivity index (χ0v) is 15.3. The van der Waals surface area contributed by atoms with Crippen LogP contribution in [0.25, 0.3) is 0 Å². The minimum Gasteiger partial charge on any atom is -0.463 e. The Kier molecular flexibility index (Phi) is 4.33. The average molecular weight is 375 g/mol. The Morgan fingerprint density at radius 3 is 2.75 bits per heavy atom. The van der Waals surface area contributed by atoms with E-state index in [0.29, 0.717) is 6.42 Å². The summed E-state index contributed by atoms with van der Waals surface area (Å²) in [6.07, 6.45) is 2.05. The molecule has 0 radical (unpaired) electrons. The highest BCUT2D eigenvalue weighted by atomic mass is 32.2. The van der Waals surface area contributed by atoms with Gasteiger partial charge < -0.3 is 4.74 Å². The Balaban J connectivity index is 1.74. The summed E-state index contributed by atoms with van der Waals surface area (Å²) < 4.78 is 54.7. The molecule has 1 atom stereocenters. The topological polar surface area (TPSA) is 107 Å². The monoisotopic (exact) mass is 375 g/mol. The summed E-state index contributed by atoms with van der Waals surface area (Å²) in [4.78, 5) is 8.15. The summed E-state index contributed by atoms with van der Waals surface area (Å²) in [5, 5.41) is 0. The fraction of sp³-hybridized carbons (Fsp3) is 0.714. The Labute approximate surface area is 142 Å². The minimum absolute atomic E-state index is 0.0220. The highest BCUT2D eigenvalue weighted by Gasteiger charge is 2.63. The van der Waals surface area contributed by atoms with E-state index in [1.165, 1.54) is 4.31 Å². The van der Waals surface area contributed by atoms with E-state index < -0.39 is 24.6 Å². The molecule has 134 valence electrons. The maximum atomic E-state index is 12.5. The molecule has 0 saturated carbocycles. The summed E-state index contributed by atoms with van der Waals surface area (Å²) in [7, 11) is -6.71. The number of aryl methyl sites for hydroxylation is 1. The van der Waals surface area contributed by atoms with E-state index in [4.69, 9.17) is 4.74 Å². The molecule has 0 bridgehead atoms. The van der Waals surface area contributed by atoms with E-state index in [-0.39, 0.29) is 43.1 Å². The van der Waals surface area contributed by atoms with E-state index in [2.05, 4.69) is 9.97 Å². The molecule has 0 aliphatic carbocycles. The number of sulfone groups is 1. The fourth-order valence-corrected chi connectivity index (χ4v) is 7.09. The van der Waals surface area contributed by atoms with Crippen LogP contribution in [0, 0.1) is 12.8 Å². The Morgan fingerprint density at radius 2 is 2.12 bits per heavy atom. The molecule has 3 heterocycles. The zero-order chi connectivity index (χ0) is 17.6. The SMILES string of the molecule is CCS(=O)(=O)N1CC2(C1)[C@H](COc1nccc(C)n1)CCS2(=O)=O. The molecule has 0 amide bonds. The van der Waals surface area contributed by atoms with Gasteiger partial charge in [0.1, 0.15) is 4.75 Å². The van der Waals surface area contributed by atoms with Crippen molar-refractivity contribution >= 4 is 19.9 Å². The quantitative estimate of drug-likeness (QED) is 0.713. The van der Waals surface area contributed by atoms with E-state index in [0.717, 1.165) is 5.69 Å². The van der Waals surface area contributed by atoms with Crippen LogP contribution < -0.4 is 4.74 Å². The molecular formula is C14H21N3O5S2. The molecule has 8 nitrogen and oxygen atoms in total. The van der Waals surface area contributed by atoms with Crippen LogP contribution in [0.5, 0.6) is 6.01 Å². The predicted molar refractivity (Wildman–Crippen MR) is 87.9 cm³/mol. The number of hydrogen-bond acceptors (Lipinski definition) is 7. The molecule has 2 fully saturated rings. The van der Waals surface area contributed by atoms with Crippen molar-refractivity contribution in [3.8, 4) is 6.01 Å². The molecule has 1 aromatic rings. The van der Waals surface area contributed by atoms with Gasteiger partial charge in [0, 0.05) is 30.9 Å². The first kappa shape index (κ1) is 17.6. The van der Waals surface area contributed by atoms with Crippen molar-refractivity contribution in [2.75, 3.05) is 31.2 Å². The summed E-state index contributed by atoms with van der Waals surface area (Å²) in [6, 6.07) is 1.96. The molecule has 3 rings (SSSR count). The van der Waals surface area contributed by atoms with E-state index in [1.807, 2.05) is 6.92 Å². The number of ether oxygens (including phenoxy) is 1. The van der Waals surface area contributed by atoms with Gasteiger partial charge in [-0.25, -0.2) is 26.8 Å². The van der Waals surface area contributed by atoms with Crippen LogP contribution in [0.15, 0.2) is 12.3 Å². The normalized spacial score (nSPS) is 25.5. The average Bonchev–Trinajstić information content (AvgIpc) is 2.74. The van der Waals surface area contributed by atoms with Crippen molar-refractivity contribution in [2.24, 2.45) is 5.92 Å². The standard InChI is InChI=1S/C14H21N3O5S2/c1-3-24(20,21)17-9-14(10-17)12(5-7-23(14,18)19)8-22-13-15-6-4-11(2)16-13/h4,6,12H,3,5,7-10H2,1-2H3/t12-/m0/s1. The lowest BCUT2D eigenvalue weighted by atomic mass is 9.85. The zero-order valence-electron chi connectivity index (χ0n) is 13.7. The Morgan fingerprint density at radius 1 is 1.42 bits per heavy atom. The van der Waals surface area contributed by atoms with Gasteiger partial charge in [-0.05, 0) is 26.3 Å². The highest BCUT2D eigenvalue weighted by molar-refractivity contribution is 7.93. The predicted octanol–water partition coefficient (Wildman–Crippen LogP) is 0.00262. The minimum atomic E-state index is -3.37. The van der Waals surface area contributed by atoms with Gasteiger partial charge in [0.05, 0.1) is 18.1 Å². The van der Waals surface area contributed by atoms with Crippen LogP contribution in [0.4, 0.5) is 0 Å². The largest absolute Gasteiger partial charge is 0.463 e. The van der Waals surface area contributed by atoms with Gasteiger partial charge in [0.2, 0.25) is 10.0 Å². The number of rotatable bonds is 5. The lowest BCUT2D eigenvalue weighted by molar-refractivity contribution is 0.121. The number of sulfonamides is 1. The second-order valence-corrected chi connectivity index (χ2v) is 11.0. The lowest BCUT2D eigenvalue weighted by Crippen LogP contribution is -2.69. The molecule has 10 heteroatoms. The summed E-state index contributed by atoms with van der Waals surface area (Å²) in [5.74, 6) is -0.216. The Hall–Kier alpha value is -1.26. The van der Waals surface area contributed by atoms with Crippen LogP contribution in [0.2, 0.25) is 0 Å². The molecule has 1 spiro atoms. The van der Waals surface area contributed by atoms with Crippen molar-refractivity contribution in [1.29, 1.82) is 0 Å². The van der Waals surface area contributed by atoms with Gasteiger partial charge in [-0.1, -0.05) is 0 Å². The molecule has 1 aromatic heterocycles. The fourth-order valence-electron chi connectivity index (χ4n) is 3.31. The third kappa shape index (κ3) is 2.80. The van der Waals surface area contributed by atoms with Crippen LogP contribution in [0.1, 0.15) is 19.0 Å². The first-order valence-corrected chi connectivity index (χ1v) is 11.1. The second-order valence-electron chi connectivity index (χ2n) is 6.33. The van der Waals surface area contributed by atoms with Crippen LogP contribution in [0.3, 0.4) is 0 Å². The van der Waals surface area contributed by atoms with Gasteiger partial charge in [0.25, 0.3) is 0 Å². The molecule has 2 aliphatic rings.